The summed E-state index contributed by atoms with van der Waals surface area (Å²) in [6.07, 6.45) is 0.973. The summed E-state index contributed by atoms with van der Waals surface area (Å²) in [5, 5.41) is 0.990. The number of nitrogens with zero attached hydrogens (tertiary/aromatic N) is 1. The number of carbonyl (C=O) groups excluding carboxylic acids is 1. The predicted octanol–water partition coefficient (Wildman–Crippen LogP) is 2.86. The van der Waals surface area contributed by atoms with Crippen LogP contribution in [0.2, 0.25) is 0 Å². The molecule has 1 aliphatic rings. The lowest BCUT2D eigenvalue weighted by atomic mass is 10.1. The van der Waals surface area contributed by atoms with Gasteiger partial charge < -0.3 is 15.1 Å². The van der Waals surface area contributed by atoms with Gasteiger partial charge in [0.2, 0.25) is 0 Å². The Morgan fingerprint density at radius 3 is 2.71 bits per heavy atom. The van der Waals surface area contributed by atoms with Crippen molar-refractivity contribution in [2.75, 3.05) is 13.1 Å². The lowest BCUT2D eigenvalue weighted by Crippen LogP contribution is -2.34. The second kappa shape index (κ2) is 5.19. The molecule has 0 radical (unpaired) electrons. The summed E-state index contributed by atoms with van der Waals surface area (Å²) in [5.74, 6) is 0.808. The Kier molecular flexibility index (Phi) is 3.49. The molecule has 2 N–H and O–H groups in total. The summed E-state index contributed by atoms with van der Waals surface area (Å²) in [6, 6.07) is 6.15. The number of nitrogens with two attached hydrogens (primary N) is 1. The monoisotopic (exact) mass is 286 g/mol. The highest BCUT2D eigenvalue weighted by Gasteiger charge is 2.33. The fourth-order valence-electron chi connectivity index (χ4n) is 3.15. The van der Waals surface area contributed by atoms with Gasteiger partial charge in [-0.25, -0.2) is 0 Å². The van der Waals surface area contributed by atoms with E-state index in [1.54, 1.807) is 0 Å². The average Bonchev–Trinajstić information content (AvgIpc) is 3.02. The minimum atomic E-state index is -0.0232. The second-order valence-corrected chi connectivity index (χ2v) is 6.23. The molecule has 1 aromatic heterocycles. The number of rotatable bonds is 2. The summed E-state index contributed by atoms with van der Waals surface area (Å²) in [5.41, 5.74) is 8.89. The van der Waals surface area contributed by atoms with Crippen LogP contribution in [0.15, 0.2) is 22.6 Å². The number of aryl methyl sites for hydroxylation is 2. The fourth-order valence-corrected chi connectivity index (χ4v) is 3.15. The Morgan fingerprint density at radius 2 is 2.05 bits per heavy atom. The zero-order valence-corrected chi connectivity index (χ0v) is 12.8. The first kappa shape index (κ1) is 14.1. The normalized spacial score (nSPS) is 22.2. The van der Waals surface area contributed by atoms with Gasteiger partial charge in [-0.2, -0.15) is 0 Å². The van der Waals surface area contributed by atoms with E-state index in [1.807, 2.05) is 24.0 Å². The molecule has 0 saturated carbocycles. The van der Waals surface area contributed by atoms with Crippen molar-refractivity contribution in [2.24, 2.45) is 11.7 Å². The zero-order chi connectivity index (χ0) is 15.1. The SMILES string of the molecule is Cc1cc2cc(C(=O)N3CC(CN)CC3C)oc2cc1C. The first-order valence-corrected chi connectivity index (χ1v) is 7.51. The molecular weight excluding hydrogens is 264 g/mol. The number of carbonyl (C=O) groups is 1. The Bertz CT molecular complexity index is 650. The summed E-state index contributed by atoms with van der Waals surface area (Å²) >= 11 is 0. The number of furan rings is 1. The maximum Gasteiger partial charge on any atom is 0.289 e. The highest BCUT2D eigenvalue weighted by Crippen LogP contribution is 2.28. The maximum atomic E-state index is 12.6. The van der Waals surface area contributed by atoms with E-state index in [-0.39, 0.29) is 11.9 Å². The Labute approximate surface area is 124 Å². The molecule has 21 heavy (non-hydrogen) atoms. The van der Waals surface area contributed by atoms with E-state index < -0.39 is 0 Å². The molecule has 0 bridgehead atoms. The molecule has 1 aromatic carbocycles. The van der Waals surface area contributed by atoms with E-state index in [0.717, 1.165) is 23.9 Å². The third kappa shape index (κ3) is 2.44. The molecular formula is C17H22N2O2. The third-order valence-corrected chi connectivity index (χ3v) is 4.60. The van der Waals surface area contributed by atoms with E-state index in [2.05, 4.69) is 19.9 Å². The average molecular weight is 286 g/mol. The van der Waals surface area contributed by atoms with Crippen LogP contribution in [0.3, 0.4) is 0 Å². The van der Waals surface area contributed by atoms with Crippen LogP contribution < -0.4 is 5.73 Å². The minimum absolute atomic E-state index is 0.0232. The van der Waals surface area contributed by atoms with Crippen molar-refractivity contribution in [3.63, 3.8) is 0 Å². The van der Waals surface area contributed by atoms with Gasteiger partial charge in [-0.3, -0.25) is 4.79 Å². The van der Waals surface area contributed by atoms with E-state index >= 15 is 0 Å². The third-order valence-electron chi connectivity index (χ3n) is 4.60. The highest BCUT2D eigenvalue weighted by molar-refractivity contribution is 5.96. The van der Waals surface area contributed by atoms with Gasteiger partial charge in [0.25, 0.3) is 5.91 Å². The molecule has 2 unspecified atom stereocenters. The van der Waals surface area contributed by atoms with E-state index in [1.165, 1.54) is 11.1 Å². The summed E-state index contributed by atoms with van der Waals surface area (Å²) in [7, 11) is 0. The van der Waals surface area contributed by atoms with Crippen molar-refractivity contribution < 1.29 is 9.21 Å². The minimum Gasteiger partial charge on any atom is -0.451 e. The standard InChI is InChI=1S/C17H22N2O2/c1-10-4-14-7-16(21-15(14)5-11(10)2)17(20)19-9-13(8-18)6-12(19)3/h4-5,7,12-13H,6,8-9,18H2,1-3H3. The van der Waals surface area contributed by atoms with E-state index in [9.17, 15) is 4.79 Å². The van der Waals surface area contributed by atoms with Gasteiger partial charge in [-0.15, -0.1) is 0 Å². The molecule has 4 heteroatoms. The van der Waals surface area contributed by atoms with Crippen molar-refractivity contribution >= 4 is 16.9 Å². The van der Waals surface area contributed by atoms with Crippen molar-refractivity contribution in [3.05, 3.63) is 35.1 Å². The van der Waals surface area contributed by atoms with Gasteiger partial charge in [0.1, 0.15) is 5.58 Å². The molecule has 4 nitrogen and oxygen atoms in total. The molecule has 0 aliphatic carbocycles. The molecule has 3 rings (SSSR count). The molecule has 2 aromatic rings. The molecule has 1 saturated heterocycles. The summed E-state index contributed by atoms with van der Waals surface area (Å²) in [6.45, 7) is 7.55. The number of amides is 1. The summed E-state index contributed by atoms with van der Waals surface area (Å²) < 4.78 is 5.77. The van der Waals surface area contributed by atoms with Crippen LogP contribution in [0.4, 0.5) is 0 Å². The lowest BCUT2D eigenvalue weighted by molar-refractivity contribution is 0.0713. The van der Waals surface area contributed by atoms with E-state index in [0.29, 0.717) is 18.2 Å². The fraction of sp³-hybridized carbons (Fsp3) is 0.471. The van der Waals surface area contributed by atoms with Crippen LogP contribution in [0, 0.1) is 19.8 Å². The van der Waals surface area contributed by atoms with Gasteiger partial charge in [0.15, 0.2) is 5.76 Å². The first-order chi connectivity index (χ1) is 9.99. The van der Waals surface area contributed by atoms with Crippen LogP contribution >= 0.6 is 0 Å². The zero-order valence-electron chi connectivity index (χ0n) is 12.8. The molecule has 2 heterocycles. The number of fused-ring (bicyclic) bond motifs is 1. The van der Waals surface area contributed by atoms with Crippen molar-refractivity contribution in [1.29, 1.82) is 0 Å². The quantitative estimate of drug-likeness (QED) is 0.923. The van der Waals surface area contributed by atoms with Crippen LogP contribution in [0.5, 0.6) is 0 Å². The van der Waals surface area contributed by atoms with Gasteiger partial charge in [-0.05, 0) is 69.0 Å². The van der Waals surface area contributed by atoms with Gasteiger partial charge >= 0.3 is 0 Å². The maximum absolute atomic E-state index is 12.6. The van der Waals surface area contributed by atoms with Gasteiger partial charge in [0, 0.05) is 18.0 Å². The molecule has 1 aliphatic heterocycles. The van der Waals surface area contributed by atoms with Gasteiger partial charge in [0.05, 0.1) is 0 Å². The van der Waals surface area contributed by atoms with Crippen LogP contribution in [-0.4, -0.2) is 29.9 Å². The van der Waals surface area contributed by atoms with Crippen LogP contribution in [0.1, 0.15) is 35.0 Å². The van der Waals surface area contributed by atoms with Gasteiger partial charge in [-0.1, -0.05) is 0 Å². The largest absolute Gasteiger partial charge is 0.451 e. The summed E-state index contributed by atoms with van der Waals surface area (Å²) in [4.78, 5) is 14.5. The first-order valence-electron chi connectivity index (χ1n) is 7.51. The Morgan fingerprint density at radius 1 is 1.33 bits per heavy atom. The number of hydrogen-bond acceptors (Lipinski definition) is 3. The van der Waals surface area contributed by atoms with E-state index in [4.69, 9.17) is 10.2 Å². The smallest absolute Gasteiger partial charge is 0.289 e. The van der Waals surface area contributed by atoms with Crippen molar-refractivity contribution in [1.82, 2.24) is 4.90 Å². The molecule has 1 amide bonds. The Balaban J connectivity index is 1.91. The second-order valence-electron chi connectivity index (χ2n) is 6.23. The van der Waals surface area contributed by atoms with Crippen molar-refractivity contribution in [3.8, 4) is 0 Å². The number of likely N-dealkylation sites (tertiary alicyclic amines) is 1. The molecule has 0 spiro atoms. The topological polar surface area (TPSA) is 59.5 Å². The molecule has 1 fully saturated rings. The lowest BCUT2D eigenvalue weighted by Gasteiger charge is -2.19. The number of benzene rings is 1. The Hall–Kier alpha value is -1.81. The van der Waals surface area contributed by atoms with Crippen molar-refractivity contribution in [2.45, 2.75) is 33.2 Å². The van der Waals surface area contributed by atoms with Crippen LogP contribution in [-0.2, 0) is 0 Å². The van der Waals surface area contributed by atoms with Crippen LogP contribution in [0.25, 0.3) is 11.0 Å². The predicted molar refractivity (Wildman–Crippen MR) is 83.3 cm³/mol. The number of hydrogen-bond donors (Lipinski definition) is 1. The highest BCUT2D eigenvalue weighted by atomic mass is 16.3. The molecule has 2 atom stereocenters. The molecule has 112 valence electrons.